The maximum absolute atomic E-state index is 12.2. The molecule has 13 rings (SSSR count). The smallest absolute Gasteiger partial charge is 0.349 e. The van der Waals surface area contributed by atoms with Crippen LogP contribution in [0, 0.1) is 0 Å². The van der Waals surface area contributed by atoms with Gasteiger partial charge in [0.05, 0.1) is 32.2 Å². The van der Waals surface area contributed by atoms with Crippen LogP contribution in [0.3, 0.4) is 0 Å². The van der Waals surface area contributed by atoms with Gasteiger partial charge in [0.2, 0.25) is 0 Å². The maximum atomic E-state index is 12.2. The van der Waals surface area contributed by atoms with Crippen LogP contribution < -0.4 is 28.4 Å². The van der Waals surface area contributed by atoms with E-state index >= 15 is 0 Å². The SMILES string of the molecule is CCC(C)c1ccc(OCC(=O)Oc2ccc(S(=O)(=O)[O-])c3ccccc23)cc1.CCC(C)c1ccc(OCC(=O)Oc2ccc(S(=O)(=O)[O-])c3ccccc23)cc1.CCC(C)c1ccc(OCC(=O)Oc2cccc3cccc(S(=O)(=O)[O-])c23)cc1.CCOCc1ccc([SH2+])cc1.c1ccc([S+](c2ccccc2)c2ccccc2)cc1. The predicted molar refractivity (Wildman–Crippen MR) is 456 cm³/mol. The van der Waals surface area contributed by atoms with Gasteiger partial charge in [-0.1, -0.05) is 217 Å². The molecule has 0 fully saturated rings. The lowest BCUT2D eigenvalue weighted by Gasteiger charge is -2.14. The summed E-state index contributed by atoms with van der Waals surface area (Å²) in [5, 5.41) is 1.68. The second kappa shape index (κ2) is 43.7. The van der Waals surface area contributed by atoms with Crippen molar-refractivity contribution in [2.24, 2.45) is 0 Å². The molecular weight excluding hydrogens is 1580 g/mol. The van der Waals surface area contributed by atoms with E-state index in [1.807, 2.05) is 55.5 Å². The number of benzene rings is 13. The van der Waals surface area contributed by atoms with E-state index in [0.29, 0.717) is 57.8 Å². The van der Waals surface area contributed by atoms with Crippen LogP contribution in [0.5, 0.6) is 34.5 Å². The van der Waals surface area contributed by atoms with Crippen molar-refractivity contribution in [1.82, 2.24) is 0 Å². The van der Waals surface area contributed by atoms with Crippen LogP contribution in [0.2, 0.25) is 0 Å². The summed E-state index contributed by atoms with van der Waals surface area (Å²) in [5.41, 5.74) is 4.79. The molecule has 117 heavy (non-hydrogen) atoms. The first-order valence-electron chi connectivity index (χ1n) is 37.7. The van der Waals surface area contributed by atoms with Gasteiger partial charge in [0.25, 0.3) is 0 Å². The minimum atomic E-state index is -4.73. The third-order valence-corrected chi connectivity index (χ3v) is 23.8. The summed E-state index contributed by atoms with van der Waals surface area (Å²) in [6, 6.07) is 89.4. The van der Waals surface area contributed by atoms with E-state index in [-0.39, 0.29) is 73.9 Å². The number of rotatable bonds is 27. The van der Waals surface area contributed by atoms with Gasteiger partial charge in [-0.3, -0.25) is 0 Å². The zero-order chi connectivity index (χ0) is 84.1. The standard InChI is InChI=1S/3C22H22O6S.C18H15S.C9H12OS/c1-3-15(2)16-10-12-18(13-11-16)27-14-21(23)28-19-8-4-6-17-7-5-9-20(22(17)19)29(24,25)26;2*1-3-15(2)16-8-10-17(11-9-16)27-14-22(23)28-20-12-13-21(29(24,25)26)19-7-5-4-6-18(19)20;1-4-10-16(11-5-1)19(17-12-6-2-7-13-17)18-14-8-3-9-15-18;1-2-10-7-8-3-5-9(11)6-4-8/h3*4-13,15H,3,14H2,1-2H3,(H,24,25,26);1-15H;3-6,11H,2,7H2,1H3/q;;;+1;/p-2. The third kappa shape index (κ3) is 26.7. The fourth-order valence-electron chi connectivity index (χ4n) is 11.8. The van der Waals surface area contributed by atoms with Gasteiger partial charge in [-0.15, -0.1) is 0 Å². The number of hydrogen-bond donors (Lipinski definition) is 0. The molecule has 0 aromatic heterocycles. The monoisotopic (exact) mass is 1670 g/mol. The molecule has 0 aliphatic rings. The molecule has 0 bridgehead atoms. The lowest BCUT2D eigenvalue weighted by Crippen LogP contribution is -2.18. The number of carbonyl (C=O) groups is 3. The highest BCUT2D eigenvalue weighted by Crippen LogP contribution is 2.36. The molecule has 0 radical (unpaired) electrons. The molecule has 0 N–H and O–H groups in total. The number of esters is 3. The zero-order valence-electron chi connectivity index (χ0n) is 65.6. The van der Waals surface area contributed by atoms with Crippen molar-refractivity contribution in [3.05, 3.63) is 320 Å². The molecular formula is C93H91O19S5-. The molecule has 13 aromatic carbocycles. The summed E-state index contributed by atoms with van der Waals surface area (Å²) in [7, 11) is -14.0. The van der Waals surface area contributed by atoms with Crippen molar-refractivity contribution in [3.63, 3.8) is 0 Å². The molecule has 13 aromatic rings. The fraction of sp³-hybridized carbons (Fsp3) is 0.194. The molecule has 3 unspecified atom stereocenters. The Morgan fingerprint density at radius 1 is 0.350 bits per heavy atom. The average molecular weight is 1670 g/mol. The lowest BCUT2D eigenvalue weighted by molar-refractivity contribution is -0.137. The second-order valence-corrected chi connectivity index (χ2v) is 33.3. The molecule has 0 aliphatic heterocycles. The van der Waals surface area contributed by atoms with E-state index in [4.69, 9.17) is 33.2 Å². The molecule has 0 saturated heterocycles. The van der Waals surface area contributed by atoms with Gasteiger partial charge in [0.1, 0.15) is 69.7 Å². The van der Waals surface area contributed by atoms with Gasteiger partial charge < -0.3 is 46.8 Å². The molecule has 3 atom stereocenters. The lowest BCUT2D eigenvalue weighted by atomic mass is 9.99. The summed E-state index contributed by atoms with van der Waals surface area (Å²) < 4.78 is 141. The van der Waals surface area contributed by atoms with Crippen LogP contribution in [0.1, 0.15) is 108 Å². The van der Waals surface area contributed by atoms with Crippen molar-refractivity contribution in [1.29, 1.82) is 0 Å². The molecule has 0 heterocycles. The Hall–Kier alpha value is -11.2. The summed E-state index contributed by atoms with van der Waals surface area (Å²) >= 11 is 3.42. The van der Waals surface area contributed by atoms with Crippen LogP contribution in [0.4, 0.5) is 0 Å². The molecule has 0 saturated carbocycles. The maximum Gasteiger partial charge on any atom is 0.349 e. The Kier molecular flexibility index (Phi) is 33.5. The van der Waals surface area contributed by atoms with Crippen LogP contribution in [0.25, 0.3) is 32.3 Å². The first-order chi connectivity index (χ1) is 56.1. The Labute approximate surface area is 692 Å². The molecule has 0 spiro atoms. The predicted octanol–water partition coefficient (Wildman–Crippen LogP) is 19.1. The largest absolute Gasteiger partial charge is 0.744 e. The normalized spacial score (nSPS) is 12.0. The van der Waals surface area contributed by atoms with E-state index in [9.17, 15) is 53.3 Å². The van der Waals surface area contributed by atoms with Gasteiger partial charge in [0.15, 0.2) is 34.5 Å². The van der Waals surface area contributed by atoms with Crippen molar-refractivity contribution in [2.45, 2.75) is 126 Å². The van der Waals surface area contributed by atoms with Crippen LogP contribution in [-0.2, 0) is 79.6 Å². The molecule has 0 amide bonds. The topological polar surface area (TPSA) is 287 Å². The van der Waals surface area contributed by atoms with Crippen molar-refractivity contribution >= 4 is 104 Å². The van der Waals surface area contributed by atoms with Gasteiger partial charge in [-0.25, -0.2) is 39.6 Å². The van der Waals surface area contributed by atoms with Crippen molar-refractivity contribution in [2.75, 3.05) is 26.4 Å². The van der Waals surface area contributed by atoms with Crippen LogP contribution in [-0.4, -0.2) is 83.2 Å². The van der Waals surface area contributed by atoms with E-state index < -0.39 is 53.2 Å². The third-order valence-electron chi connectivity index (χ3n) is 18.6. The number of ether oxygens (including phenoxy) is 7. The molecule has 608 valence electrons. The van der Waals surface area contributed by atoms with E-state index in [1.165, 1.54) is 79.4 Å². The number of hydrogen-bond acceptors (Lipinski definition) is 19. The number of carbonyl (C=O) groups excluding carboxylic acids is 3. The highest BCUT2D eigenvalue weighted by Gasteiger charge is 2.28. The fourth-order valence-corrected chi connectivity index (χ4v) is 16.2. The zero-order valence-corrected chi connectivity index (χ0v) is 69.8. The summed E-state index contributed by atoms with van der Waals surface area (Å²) in [4.78, 5) is 40.7. The first-order valence-corrected chi connectivity index (χ1v) is 43.6. The minimum Gasteiger partial charge on any atom is -0.744 e. The quantitative estimate of drug-likeness (QED) is 0.0200. The average Bonchev–Trinajstić information content (AvgIpc) is 0.787. The summed E-state index contributed by atoms with van der Waals surface area (Å²) in [5.74, 6) is 1.28. The molecule has 24 heteroatoms. The highest BCUT2D eigenvalue weighted by atomic mass is 32.2. The van der Waals surface area contributed by atoms with E-state index in [1.54, 1.807) is 91.0 Å². The molecule has 19 nitrogen and oxygen atoms in total. The molecule has 0 aliphatic carbocycles. The second-order valence-electron chi connectivity index (χ2n) is 26.7. The van der Waals surface area contributed by atoms with E-state index in [2.05, 4.69) is 157 Å². The first kappa shape index (κ1) is 89.8. The van der Waals surface area contributed by atoms with Gasteiger partial charge in [0, 0.05) is 33.5 Å². The number of fused-ring (bicyclic) bond motifs is 3. The summed E-state index contributed by atoms with van der Waals surface area (Å²) in [6.45, 7) is 15.3. The van der Waals surface area contributed by atoms with Gasteiger partial charge in [-0.2, -0.15) is 0 Å². The highest BCUT2D eigenvalue weighted by molar-refractivity contribution is 7.97. The Morgan fingerprint density at radius 3 is 1.01 bits per heavy atom. The van der Waals surface area contributed by atoms with Gasteiger partial charge in [-0.05, 0) is 206 Å². The van der Waals surface area contributed by atoms with Gasteiger partial charge >= 0.3 is 17.9 Å². The Morgan fingerprint density at radius 2 is 0.675 bits per heavy atom. The summed E-state index contributed by atoms with van der Waals surface area (Å²) in [6.07, 6.45) is 3.10. The van der Waals surface area contributed by atoms with E-state index in [0.717, 1.165) is 42.9 Å². The van der Waals surface area contributed by atoms with Crippen LogP contribution >= 0.6 is 0 Å². The van der Waals surface area contributed by atoms with Crippen molar-refractivity contribution < 1.29 is 86.5 Å². The van der Waals surface area contributed by atoms with Crippen LogP contribution in [0.15, 0.2) is 332 Å². The van der Waals surface area contributed by atoms with Crippen molar-refractivity contribution in [3.8, 4) is 34.5 Å². The Balaban J connectivity index is 0.000000172. The Bertz CT molecular complexity index is 5490. The minimum absolute atomic E-state index is 0.00163.